The average molecular weight is 290 g/mol. The minimum absolute atomic E-state index is 0.253. The first-order valence-electron chi connectivity index (χ1n) is 5.52. The van der Waals surface area contributed by atoms with Gasteiger partial charge in [0.15, 0.2) is 0 Å². The molecule has 3 nitrogen and oxygen atoms in total. The summed E-state index contributed by atoms with van der Waals surface area (Å²) >= 11 is 7.30. The number of rotatable bonds is 2. The maximum atomic E-state index is 11.4. The van der Waals surface area contributed by atoms with Gasteiger partial charge in [0.1, 0.15) is 0 Å². The number of carboxylic acid groups (broad SMARTS) is 1. The summed E-state index contributed by atoms with van der Waals surface area (Å²) in [5, 5.41) is 11.8. The highest BCUT2D eigenvalue weighted by Gasteiger charge is 2.13. The van der Waals surface area contributed by atoms with Crippen molar-refractivity contribution in [3.8, 4) is 11.3 Å². The molecule has 3 rings (SSSR count). The topological polar surface area (TPSA) is 50.2 Å². The molecule has 0 amide bonds. The van der Waals surface area contributed by atoms with Crippen LogP contribution in [0.15, 0.2) is 41.8 Å². The Hall–Kier alpha value is -1.91. The summed E-state index contributed by atoms with van der Waals surface area (Å²) in [5.74, 6) is -0.957. The molecule has 3 aromatic rings. The van der Waals surface area contributed by atoms with E-state index in [1.54, 1.807) is 30.3 Å². The van der Waals surface area contributed by atoms with Gasteiger partial charge in [-0.15, -0.1) is 11.3 Å². The molecule has 0 bridgehead atoms. The number of nitrogens with zero attached hydrogens (tertiary/aromatic N) is 1. The van der Waals surface area contributed by atoms with E-state index < -0.39 is 5.97 Å². The van der Waals surface area contributed by atoms with Gasteiger partial charge in [0.25, 0.3) is 0 Å². The van der Waals surface area contributed by atoms with Crippen LogP contribution in [0.25, 0.3) is 22.2 Å². The van der Waals surface area contributed by atoms with Crippen molar-refractivity contribution >= 4 is 39.8 Å². The molecule has 0 saturated heterocycles. The van der Waals surface area contributed by atoms with Gasteiger partial charge in [-0.1, -0.05) is 29.8 Å². The molecule has 0 aliphatic heterocycles. The standard InChI is InChI=1S/C14H8ClNO2S/c15-13-5-8(7-19-13)12-6-10(14(17)18)9-3-1-2-4-11(9)16-12/h1-7H,(H,17,18). The number of benzene rings is 1. The van der Waals surface area contributed by atoms with E-state index in [-0.39, 0.29) is 5.56 Å². The fraction of sp³-hybridized carbons (Fsp3) is 0. The Morgan fingerprint density at radius 2 is 2.05 bits per heavy atom. The van der Waals surface area contributed by atoms with Gasteiger partial charge in [-0.3, -0.25) is 0 Å². The fourth-order valence-corrected chi connectivity index (χ4v) is 2.82. The van der Waals surface area contributed by atoms with Gasteiger partial charge in [0.05, 0.1) is 21.1 Å². The van der Waals surface area contributed by atoms with Crippen molar-refractivity contribution in [3.63, 3.8) is 0 Å². The normalized spacial score (nSPS) is 10.8. The molecular formula is C14H8ClNO2S. The zero-order chi connectivity index (χ0) is 13.4. The number of thiophene rings is 1. The minimum atomic E-state index is -0.957. The van der Waals surface area contributed by atoms with Crippen molar-refractivity contribution in [2.75, 3.05) is 0 Å². The van der Waals surface area contributed by atoms with Crippen LogP contribution < -0.4 is 0 Å². The summed E-state index contributed by atoms with van der Waals surface area (Å²) in [7, 11) is 0. The second-order valence-corrected chi connectivity index (χ2v) is 5.56. The van der Waals surface area contributed by atoms with Crippen molar-refractivity contribution in [1.82, 2.24) is 4.98 Å². The van der Waals surface area contributed by atoms with E-state index in [1.807, 2.05) is 11.4 Å². The molecule has 19 heavy (non-hydrogen) atoms. The van der Waals surface area contributed by atoms with E-state index in [9.17, 15) is 9.90 Å². The number of aromatic nitrogens is 1. The molecular weight excluding hydrogens is 282 g/mol. The Morgan fingerprint density at radius 1 is 1.26 bits per heavy atom. The Labute approximate surface area is 118 Å². The zero-order valence-corrected chi connectivity index (χ0v) is 11.2. The first-order valence-corrected chi connectivity index (χ1v) is 6.78. The molecule has 0 aliphatic carbocycles. The molecule has 0 saturated carbocycles. The van der Waals surface area contributed by atoms with Crippen molar-refractivity contribution in [3.05, 3.63) is 51.7 Å². The highest BCUT2D eigenvalue weighted by atomic mass is 35.5. The molecule has 0 unspecified atom stereocenters. The minimum Gasteiger partial charge on any atom is -0.478 e. The summed E-state index contributed by atoms with van der Waals surface area (Å²) in [5.41, 5.74) is 2.38. The van der Waals surface area contributed by atoms with Gasteiger partial charge >= 0.3 is 5.97 Å². The van der Waals surface area contributed by atoms with Gasteiger partial charge < -0.3 is 5.11 Å². The smallest absolute Gasteiger partial charge is 0.336 e. The molecule has 2 heterocycles. The van der Waals surface area contributed by atoms with E-state index in [0.717, 1.165) is 5.56 Å². The third-order valence-corrected chi connectivity index (χ3v) is 3.90. The van der Waals surface area contributed by atoms with Gasteiger partial charge in [-0.25, -0.2) is 9.78 Å². The van der Waals surface area contributed by atoms with E-state index in [0.29, 0.717) is 20.9 Å². The predicted molar refractivity (Wildman–Crippen MR) is 77.0 cm³/mol. The number of hydrogen-bond acceptors (Lipinski definition) is 3. The Balaban J connectivity index is 2.30. The van der Waals surface area contributed by atoms with Crippen molar-refractivity contribution in [2.45, 2.75) is 0 Å². The number of halogens is 1. The van der Waals surface area contributed by atoms with E-state index in [4.69, 9.17) is 11.6 Å². The fourth-order valence-electron chi connectivity index (χ4n) is 1.94. The van der Waals surface area contributed by atoms with Crippen LogP contribution >= 0.6 is 22.9 Å². The zero-order valence-electron chi connectivity index (χ0n) is 9.63. The first-order chi connectivity index (χ1) is 9.15. The van der Waals surface area contributed by atoms with Crippen LogP contribution in [-0.4, -0.2) is 16.1 Å². The second-order valence-electron chi connectivity index (χ2n) is 4.02. The maximum absolute atomic E-state index is 11.4. The van der Waals surface area contributed by atoms with E-state index >= 15 is 0 Å². The monoisotopic (exact) mass is 289 g/mol. The number of aromatic carboxylic acids is 1. The molecule has 0 atom stereocenters. The Bertz CT molecular complexity index is 782. The summed E-state index contributed by atoms with van der Waals surface area (Å²) in [4.78, 5) is 15.8. The lowest BCUT2D eigenvalue weighted by molar-refractivity contribution is 0.0699. The summed E-state index contributed by atoms with van der Waals surface area (Å²) in [6, 6.07) is 10.6. The van der Waals surface area contributed by atoms with Crippen LogP contribution in [0.5, 0.6) is 0 Å². The van der Waals surface area contributed by atoms with Crippen LogP contribution in [0.2, 0.25) is 4.34 Å². The van der Waals surface area contributed by atoms with Crippen LogP contribution in [0, 0.1) is 0 Å². The number of carboxylic acids is 1. The molecule has 0 fully saturated rings. The largest absolute Gasteiger partial charge is 0.478 e. The van der Waals surface area contributed by atoms with Crippen LogP contribution in [-0.2, 0) is 0 Å². The SMILES string of the molecule is O=C(O)c1cc(-c2csc(Cl)c2)nc2ccccc12. The Kier molecular flexibility index (Phi) is 2.97. The number of fused-ring (bicyclic) bond motifs is 1. The summed E-state index contributed by atoms with van der Waals surface area (Å²) in [6.07, 6.45) is 0. The van der Waals surface area contributed by atoms with Gasteiger partial charge in [0.2, 0.25) is 0 Å². The number of carbonyl (C=O) groups is 1. The highest BCUT2D eigenvalue weighted by molar-refractivity contribution is 7.14. The third kappa shape index (κ3) is 2.20. The quantitative estimate of drug-likeness (QED) is 0.764. The molecule has 0 spiro atoms. The maximum Gasteiger partial charge on any atom is 0.336 e. The molecule has 1 aromatic carbocycles. The first kappa shape index (κ1) is 12.1. The lowest BCUT2D eigenvalue weighted by atomic mass is 10.1. The number of para-hydroxylation sites is 1. The lowest BCUT2D eigenvalue weighted by Gasteiger charge is -2.05. The second kappa shape index (κ2) is 4.64. The Morgan fingerprint density at radius 3 is 2.74 bits per heavy atom. The lowest BCUT2D eigenvalue weighted by Crippen LogP contribution is -1.99. The molecule has 2 aromatic heterocycles. The van der Waals surface area contributed by atoms with Gasteiger partial charge in [-0.2, -0.15) is 0 Å². The molecule has 0 aliphatic rings. The third-order valence-electron chi connectivity index (χ3n) is 2.81. The average Bonchev–Trinajstić information content (AvgIpc) is 2.84. The van der Waals surface area contributed by atoms with Gasteiger partial charge in [-0.05, 0) is 18.2 Å². The van der Waals surface area contributed by atoms with Crippen molar-refractivity contribution in [1.29, 1.82) is 0 Å². The molecule has 1 N–H and O–H groups in total. The number of hydrogen-bond donors (Lipinski definition) is 1. The van der Waals surface area contributed by atoms with E-state index in [1.165, 1.54) is 11.3 Å². The van der Waals surface area contributed by atoms with Crippen molar-refractivity contribution in [2.24, 2.45) is 0 Å². The molecule has 0 radical (unpaired) electrons. The predicted octanol–water partition coefficient (Wildman–Crippen LogP) is 4.31. The van der Waals surface area contributed by atoms with Crippen molar-refractivity contribution < 1.29 is 9.90 Å². The van der Waals surface area contributed by atoms with Crippen LogP contribution in [0.4, 0.5) is 0 Å². The van der Waals surface area contributed by atoms with Gasteiger partial charge in [0, 0.05) is 16.3 Å². The van der Waals surface area contributed by atoms with Crippen LogP contribution in [0.1, 0.15) is 10.4 Å². The highest BCUT2D eigenvalue weighted by Crippen LogP contribution is 2.30. The number of pyridine rings is 1. The van der Waals surface area contributed by atoms with E-state index in [2.05, 4.69) is 4.98 Å². The molecule has 5 heteroatoms. The van der Waals surface area contributed by atoms with Crippen LogP contribution in [0.3, 0.4) is 0 Å². The summed E-state index contributed by atoms with van der Waals surface area (Å²) in [6.45, 7) is 0. The molecule has 94 valence electrons. The summed E-state index contributed by atoms with van der Waals surface area (Å²) < 4.78 is 0.654.